The predicted molar refractivity (Wildman–Crippen MR) is 86.8 cm³/mol. The molecule has 1 aliphatic heterocycles. The summed E-state index contributed by atoms with van der Waals surface area (Å²) in [5.41, 5.74) is 1.07. The lowest BCUT2D eigenvalue weighted by atomic mass is 10.1. The van der Waals surface area contributed by atoms with E-state index in [0.29, 0.717) is 0 Å². The first kappa shape index (κ1) is 16.1. The highest BCUT2D eigenvalue weighted by molar-refractivity contribution is 6.33. The molecule has 20 heavy (non-hydrogen) atoms. The fourth-order valence-electron chi connectivity index (χ4n) is 2.47. The Hall–Kier alpha value is -0.320. The van der Waals surface area contributed by atoms with Crippen LogP contribution in [0.5, 0.6) is 0 Å². The topological polar surface area (TPSA) is 18.5 Å². The Morgan fingerprint density at radius 3 is 2.60 bits per heavy atom. The number of likely N-dealkylation sites (N-methyl/N-ethyl adjacent to an activating group) is 1. The lowest BCUT2D eigenvalue weighted by Crippen LogP contribution is -2.46. The molecule has 1 aromatic carbocycles. The quantitative estimate of drug-likeness (QED) is 0.901. The van der Waals surface area contributed by atoms with Gasteiger partial charge in [0.05, 0.1) is 0 Å². The Labute approximate surface area is 131 Å². The van der Waals surface area contributed by atoms with Gasteiger partial charge in [-0.25, -0.2) is 0 Å². The zero-order valence-corrected chi connectivity index (χ0v) is 13.7. The van der Waals surface area contributed by atoms with Gasteiger partial charge < -0.3 is 10.2 Å². The minimum atomic E-state index is 0.216. The molecule has 0 amide bonds. The number of benzene rings is 1. The van der Waals surface area contributed by atoms with Crippen molar-refractivity contribution in [3.05, 3.63) is 33.8 Å². The highest BCUT2D eigenvalue weighted by Gasteiger charge is 2.14. The fraction of sp³-hybridized carbons (Fsp3) is 0.600. The van der Waals surface area contributed by atoms with Gasteiger partial charge in [0.2, 0.25) is 0 Å². The first-order chi connectivity index (χ1) is 9.56. The van der Waals surface area contributed by atoms with E-state index >= 15 is 0 Å². The van der Waals surface area contributed by atoms with E-state index in [4.69, 9.17) is 23.2 Å². The third-order valence-electron chi connectivity index (χ3n) is 3.90. The van der Waals surface area contributed by atoms with Crippen LogP contribution < -0.4 is 5.32 Å². The van der Waals surface area contributed by atoms with Crippen LogP contribution in [-0.4, -0.2) is 56.1 Å². The zero-order chi connectivity index (χ0) is 14.5. The van der Waals surface area contributed by atoms with Gasteiger partial charge in [-0.2, -0.15) is 0 Å². The van der Waals surface area contributed by atoms with Crippen molar-refractivity contribution in [1.29, 1.82) is 0 Å². The van der Waals surface area contributed by atoms with Crippen molar-refractivity contribution in [1.82, 2.24) is 15.1 Å². The highest BCUT2D eigenvalue weighted by Crippen LogP contribution is 2.25. The second-order valence-corrected chi connectivity index (χ2v) is 6.33. The Bertz CT molecular complexity index is 431. The predicted octanol–water partition coefficient (Wildman–Crippen LogP) is 2.89. The maximum Gasteiger partial charge on any atom is 0.0454 e. The van der Waals surface area contributed by atoms with Crippen LogP contribution in [0.4, 0.5) is 0 Å². The lowest BCUT2D eigenvalue weighted by Gasteiger charge is -2.32. The maximum absolute atomic E-state index is 6.22. The second-order valence-electron chi connectivity index (χ2n) is 5.49. The Balaban J connectivity index is 1.77. The molecule has 1 N–H and O–H groups in total. The molecule has 0 bridgehead atoms. The number of piperazine rings is 1. The van der Waals surface area contributed by atoms with Crippen molar-refractivity contribution in [2.75, 3.05) is 46.3 Å². The van der Waals surface area contributed by atoms with E-state index < -0.39 is 0 Å². The van der Waals surface area contributed by atoms with Gasteiger partial charge in [0, 0.05) is 55.4 Å². The van der Waals surface area contributed by atoms with Gasteiger partial charge in [-0.3, -0.25) is 4.90 Å². The average Bonchev–Trinajstić information content (AvgIpc) is 2.43. The third kappa shape index (κ3) is 4.61. The molecule has 1 aromatic rings. The standard InChI is InChI=1S/C15H23Cl2N3/c1-12(14-11-13(16)3-4-15(14)17)18-5-6-20-9-7-19(2)8-10-20/h3-4,11-12,18H,5-10H2,1-2H3. The van der Waals surface area contributed by atoms with Crippen LogP contribution in [-0.2, 0) is 0 Å². The zero-order valence-electron chi connectivity index (χ0n) is 12.2. The van der Waals surface area contributed by atoms with E-state index in [1.807, 2.05) is 18.2 Å². The number of nitrogens with one attached hydrogen (secondary N) is 1. The summed E-state index contributed by atoms with van der Waals surface area (Å²) >= 11 is 12.3. The summed E-state index contributed by atoms with van der Waals surface area (Å²) in [7, 11) is 2.18. The molecule has 112 valence electrons. The molecular formula is C15H23Cl2N3. The van der Waals surface area contributed by atoms with Crippen molar-refractivity contribution in [2.45, 2.75) is 13.0 Å². The summed E-state index contributed by atoms with van der Waals surface area (Å²) in [4.78, 5) is 4.87. The molecule has 0 radical (unpaired) electrons. The molecule has 0 aromatic heterocycles. The van der Waals surface area contributed by atoms with Gasteiger partial charge in [-0.1, -0.05) is 23.2 Å². The lowest BCUT2D eigenvalue weighted by molar-refractivity contribution is 0.154. The van der Waals surface area contributed by atoms with Crippen molar-refractivity contribution < 1.29 is 0 Å². The summed E-state index contributed by atoms with van der Waals surface area (Å²) in [6, 6.07) is 5.84. The Morgan fingerprint density at radius 1 is 1.20 bits per heavy atom. The van der Waals surface area contributed by atoms with Crippen LogP contribution in [0.3, 0.4) is 0 Å². The average molecular weight is 316 g/mol. The van der Waals surface area contributed by atoms with Crippen molar-refractivity contribution in [3.8, 4) is 0 Å². The van der Waals surface area contributed by atoms with E-state index in [2.05, 4.69) is 29.1 Å². The smallest absolute Gasteiger partial charge is 0.0454 e. The number of hydrogen-bond donors (Lipinski definition) is 1. The van der Waals surface area contributed by atoms with E-state index in [9.17, 15) is 0 Å². The van der Waals surface area contributed by atoms with Gasteiger partial charge in [0.15, 0.2) is 0 Å². The van der Waals surface area contributed by atoms with Crippen LogP contribution in [0.1, 0.15) is 18.5 Å². The number of nitrogens with zero attached hydrogens (tertiary/aromatic N) is 2. The van der Waals surface area contributed by atoms with Gasteiger partial charge in [-0.05, 0) is 37.7 Å². The summed E-state index contributed by atoms with van der Waals surface area (Å²) in [5, 5.41) is 5.03. The molecule has 2 rings (SSSR count). The molecule has 0 aliphatic carbocycles. The monoisotopic (exact) mass is 315 g/mol. The van der Waals surface area contributed by atoms with Gasteiger partial charge >= 0.3 is 0 Å². The van der Waals surface area contributed by atoms with Gasteiger partial charge in [-0.15, -0.1) is 0 Å². The second kappa shape index (κ2) is 7.62. The van der Waals surface area contributed by atoms with Crippen LogP contribution in [0, 0.1) is 0 Å². The first-order valence-corrected chi connectivity index (χ1v) is 7.91. The fourth-order valence-corrected chi connectivity index (χ4v) is 2.93. The number of halogens is 2. The number of rotatable bonds is 5. The molecule has 1 aliphatic rings. The summed E-state index contributed by atoms with van der Waals surface area (Å²) in [6.07, 6.45) is 0. The van der Waals surface area contributed by atoms with Crippen molar-refractivity contribution in [3.63, 3.8) is 0 Å². The Morgan fingerprint density at radius 2 is 1.90 bits per heavy atom. The van der Waals surface area contributed by atoms with Gasteiger partial charge in [0.25, 0.3) is 0 Å². The van der Waals surface area contributed by atoms with Crippen LogP contribution in [0.2, 0.25) is 10.0 Å². The molecule has 1 fully saturated rings. The molecule has 0 spiro atoms. The molecule has 1 heterocycles. The molecular weight excluding hydrogens is 293 g/mol. The molecule has 5 heteroatoms. The normalized spacial score (nSPS) is 19.2. The Kier molecular flexibility index (Phi) is 6.12. The third-order valence-corrected chi connectivity index (χ3v) is 4.48. The number of hydrogen-bond acceptors (Lipinski definition) is 3. The largest absolute Gasteiger partial charge is 0.309 e. The summed E-state index contributed by atoms with van der Waals surface area (Å²) < 4.78 is 0. The van der Waals surface area contributed by atoms with E-state index in [1.165, 1.54) is 0 Å². The van der Waals surface area contributed by atoms with Crippen molar-refractivity contribution >= 4 is 23.2 Å². The van der Waals surface area contributed by atoms with Crippen LogP contribution in [0.15, 0.2) is 18.2 Å². The SMILES string of the molecule is CC(NCCN1CCN(C)CC1)c1cc(Cl)ccc1Cl. The molecule has 1 unspecified atom stereocenters. The summed E-state index contributed by atoms with van der Waals surface area (Å²) in [6.45, 7) is 8.81. The van der Waals surface area contributed by atoms with Gasteiger partial charge in [0.1, 0.15) is 0 Å². The van der Waals surface area contributed by atoms with E-state index in [1.54, 1.807) is 0 Å². The molecule has 3 nitrogen and oxygen atoms in total. The molecule has 1 atom stereocenters. The van der Waals surface area contributed by atoms with E-state index in [-0.39, 0.29) is 6.04 Å². The minimum absolute atomic E-state index is 0.216. The maximum atomic E-state index is 6.22. The minimum Gasteiger partial charge on any atom is -0.309 e. The van der Waals surface area contributed by atoms with Crippen LogP contribution in [0.25, 0.3) is 0 Å². The molecule has 1 saturated heterocycles. The summed E-state index contributed by atoms with van der Waals surface area (Å²) in [5.74, 6) is 0. The first-order valence-electron chi connectivity index (χ1n) is 7.15. The van der Waals surface area contributed by atoms with Crippen LogP contribution >= 0.6 is 23.2 Å². The van der Waals surface area contributed by atoms with Crippen molar-refractivity contribution in [2.24, 2.45) is 0 Å². The van der Waals surface area contributed by atoms with E-state index in [0.717, 1.165) is 54.9 Å². The molecule has 0 saturated carbocycles. The highest BCUT2D eigenvalue weighted by atomic mass is 35.5.